The number of piperazine rings is 1. The summed E-state index contributed by atoms with van der Waals surface area (Å²) < 4.78 is 32.3. The maximum absolute atomic E-state index is 13.7. The molecule has 0 spiro atoms. The maximum Gasteiger partial charge on any atom is 0.169 e. The molecular formula is C17H19F2N3OS. The number of halogens is 2. The van der Waals surface area contributed by atoms with Crippen LogP contribution in [0, 0.1) is 11.6 Å². The Hall–Kier alpha value is -1.99. The first kappa shape index (κ1) is 16.9. The molecule has 1 aromatic carbocycles. The molecule has 0 saturated carbocycles. The highest BCUT2D eigenvalue weighted by molar-refractivity contribution is 7.80. The predicted octanol–water partition coefficient (Wildman–Crippen LogP) is 2.75. The number of hydrogen-bond donors (Lipinski definition) is 1. The summed E-state index contributed by atoms with van der Waals surface area (Å²) in [6, 6.07) is 8.03. The molecule has 24 heavy (non-hydrogen) atoms. The van der Waals surface area contributed by atoms with Gasteiger partial charge in [0.1, 0.15) is 5.76 Å². The molecule has 1 fully saturated rings. The number of nitrogens with one attached hydrogen (secondary N) is 1. The molecule has 0 aliphatic carbocycles. The molecule has 0 amide bonds. The van der Waals surface area contributed by atoms with Crippen molar-refractivity contribution in [3.63, 3.8) is 0 Å². The van der Waals surface area contributed by atoms with Crippen LogP contribution in [0.4, 0.5) is 8.78 Å². The van der Waals surface area contributed by atoms with Crippen LogP contribution in [-0.2, 0) is 13.1 Å². The average Bonchev–Trinajstić information content (AvgIpc) is 3.11. The summed E-state index contributed by atoms with van der Waals surface area (Å²) in [4.78, 5) is 4.18. The fraction of sp³-hybridized carbons (Fsp3) is 0.353. The predicted molar refractivity (Wildman–Crippen MR) is 91.4 cm³/mol. The lowest BCUT2D eigenvalue weighted by Gasteiger charge is -2.36. The van der Waals surface area contributed by atoms with E-state index in [2.05, 4.69) is 15.1 Å². The van der Waals surface area contributed by atoms with Crippen LogP contribution in [0.5, 0.6) is 0 Å². The Morgan fingerprint density at radius 1 is 1.12 bits per heavy atom. The smallest absolute Gasteiger partial charge is 0.169 e. The van der Waals surface area contributed by atoms with Gasteiger partial charge in [0.15, 0.2) is 16.7 Å². The number of benzene rings is 1. The van der Waals surface area contributed by atoms with E-state index in [4.69, 9.17) is 16.6 Å². The third-order valence-corrected chi connectivity index (χ3v) is 4.48. The van der Waals surface area contributed by atoms with E-state index in [0.29, 0.717) is 23.8 Å². The van der Waals surface area contributed by atoms with Gasteiger partial charge in [0.25, 0.3) is 0 Å². The third kappa shape index (κ3) is 4.10. The maximum atomic E-state index is 13.7. The first-order valence-electron chi connectivity index (χ1n) is 7.84. The van der Waals surface area contributed by atoms with Gasteiger partial charge in [0.05, 0.1) is 12.8 Å². The molecule has 4 nitrogen and oxygen atoms in total. The molecule has 1 N–H and O–H groups in total. The van der Waals surface area contributed by atoms with Gasteiger partial charge >= 0.3 is 0 Å². The molecule has 0 bridgehead atoms. The van der Waals surface area contributed by atoms with E-state index in [9.17, 15) is 8.78 Å². The molecular weight excluding hydrogens is 332 g/mol. The SMILES string of the molecule is Fc1cccc(CN2CCN(C(=S)NCc3ccco3)CC2)c1F. The van der Waals surface area contributed by atoms with Crippen molar-refractivity contribution in [3.05, 3.63) is 59.6 Å². The van der Waals surface area contributed by atoms with Crippen molar-refractivity contribution in [3.8, 4) is 0 Å². The Morgan fingerprint density at radius 3 is 2.62 bits per heavy atom. The lowest BCUT2D eigenvalue weighted by Crippen LogP contribution is -2.51. The minimum atomic E-state index is -0.797. The Morgan fingerprint density at radius 2 is 1.92 bits per heavy atom. The van der Waals surface area contributed by atoms with Crippen LogP contribution in [0.3, 0.4) is 0 Å². The van der Waals surface area contributed by atoms with Crippen LogP contribution in [0.2, 0.25) is 0 Å². The quantitative estimate of drug-likeness (QED) is 0.857. The van der Waals surface area contributed by atoms with Gasteiger partial charge in [-0.1, -0.05) is 12.1 Å². The van der Waals surface area contributed by atoms with E-state index in [1.807, 2.05) is 12.1 Å². The van der Waals surface area contributed by atoms with Gasteiger partial charge in [-0.05, 0) is 30.4 Å². The summed E-state index contributed by atoms with van der Waals surface area (Å²) in [5.41, 5.74) is 0.391. The molecule has 1 aromatic heterocycles. The average molecular weight is 351 g/mol. The summed E-state index contributed by atoms with van der Waals surface area (Å²) >= 11 is 5.40. The van der Waals surface area contributed by atoms with Crippen LogP contribution in [-0.4, -0.2) is 41.1 Å². The molecule has 1 aliphatic heterocycles. The lowest BCUT2D eigenvalue weighted by atomic mass is 10.2. The number of furan rings is 1. The highest BCUT2D eigenvalue weighted by Crippen LogP contribution is 2.15. The van der Waals surface area contributed by atoms with Crippen LogP contribution >= 0.6 is 12.2 Å². The molecule has 0 radical (unpaired) electrons. The number of nitrogens with zero attached hydrogens (tertiary/aromatic N) is 2. The van der Waals surface area contributed by atoms with E-state index in [1.54, 1.807) is 12.3 Å². The third-order valence-electron chi connectivity index (χ3n) is 4.08. The molecule has 2 aromatic rings. The minimum absolute atomic E-state index is 0.391. The van der Waals surface area contributed by atoms with Gasteiger partial charge < -0.3 is 14.6 Å². The molecule has 0 atom stereocenters. The standard InChI is InChI=1S/C17H19F2N3OS/c18-15-5-1-3-13(16(15)19)12-21-6-8-22(9-7-21)17(24)20-11-14-4-2-10-23-14/h1-5,10H,6-9,11-12H2,(H,20,24). The highest BCUT2D eigenvalue weighted by atomic mass is 32.1. The monoisotopic (exact) mass is 351 g/mol. The topological polar surface area (TPSA) is 31.6 Å². The van der Waals surface area contributed by atoms with Gasteiger partial charge in [-0.2, -0.15) is 0 Å². The van der Waals surface area contributed by atoms with E-state index in [0.717, 1.165) is 38.0 Å². The Labute approximate surface area is 145 Å². The second kappa shape index (κ2) is 7.72. The second-order valence-electron chi connectivity index (χ2n) is 5.71. The van der Waals surface area contributed by atoms with Crippen molar-refractivity contribution >= 4 is 17.3 Å². The van der Waals surface area contributed by atoms with Crippen molar-refractivity contribution in [2.45, 2.75) is 13.1 Å². The molecule has 128 valence electrons. The van der Waals surface area contributed by atoms with Crippen molar-refractivity contribution < 1.29 is 13.2 Å². The van der Waals surface area contributed by atoms with Crippen LogP contribution in [0.1, 0.15) is 11.3 Å². The summed E-state index contributed by atoms with van der Waals surface area (Å²) in [6.07, 6.45) is 1.63. The number of hydrogen-bond acceptors (Lipinski definition) is 3. The van der Waals surface area contributed by atoms with Gasteiger partial charge in [0, 0.05) is 38.3 Å². The van der Waals surface area contributed by atoms with Crippen LogP contribution < -0.4 is 5.32 Å². The molecule has 2 heterocycles. The van der Waals surface area contributed by atoms with Gasteiger partial charge in [-0.15, -0.1) is 0 Å². The Bertz CT molecular complexity index is 685. The molecule has 1 aliphatic rings. The van der Waals surface area contributed by atoms with Crippen molar-refractivity contribution in [1.29, 1.82) is 0 Å². The zero-order valence-corrected chi connectivity index (χ0v) is 14.0. The summed E-state index contributed by atoms with van der Waals surface area (Å²) in [5, 5.41) is 3.85. The molecule has 3 rings (SSSR count). The Balaban J connectivity index is 1.46. The van der Waals surface area contributed by atoms with Crippen molar-refractivity contribution in [1.82, 2.24) is 15.1 Å². The van der Waals surface area contributed by atoms with Crippen LogP contribution in [0.25, 0.3) is 0 Å². The largest absolute Gasteiger partial charge is 0.467 e. The Kier molecular flexibility index (Phi) is 5.42. The summed E-state index contributed by atoms with van der Waals surface area (Å²) in [6.45, 7) is 3.96. The van der Waals surface area contributed by atoms with Gasteiger partial charge in [-0.25, -0.2) is 8.78 Å². The summed E-state index contributed by atoms with van der Waals surface area (Å²) in [5.74, 6) is -0.720. The molecule has 1 saturated heterocycles. The first-order chi connectivity index (χ1) is 11.6. The summed E-state index contributed by atoms with van der Waals surface area (Å²) in [7, 11) is 0. The van der Waals surface area contributed by atoms with Crippen molar-refractivity contribution in [2.75, 3.05) is 26.2 Å². The zero-order valence-electron chi connectivity index (χ0n) is 13.2. The lowest BCUT2D eigenvalue weighted by molar-refractivity contribution is 0.172. The highest BCUT2D eigenvalue weighted by Gasteiger charge is 2.20. The molecule has 7 heteroatoms. The van der Waals surface area contributed by atoms with Gasteiger partial charge in [-0.3, -0.25) is 4.90 Å². The normalized spacial score (nSPS) is 15.5. The van der Waals surface area contributed by atoms with E-state index in [-0.39, 0.29) is 0 Å². The molecule has 0 unspecified atom stereocenters. The number of rotatable bonds is 4. The second-order valence-corrected chi connectivity index (χ2v) is 6.10. The van der Waals surface area contributed by atoms with E-state index < -0.39 is 11.6 Å². The van der Waals surface area contributed by atoms with E-state index >= 15 is 0 Å². The minimum Gasteiger partial charge on any atom is -0.467 e. The fourth-order valence-electron chi connectivity index (χ4n) is 2.71. The zero-order chi connectivity index (χ0) is 16.9. The first-order valence-corrected chi connectivity index (χ1v) is 8.24. The van der Waals surface area contributed by atoms with Crippen LogP contribution in [0.15, 0.2) is 41.0 Å². The fourth-order valence-corrected chi connectivity index (χ4v) is 2.96. The van der Waals surface area contributed by atoms with Crippen molar-refractivity contribution in [2.24, 2.45) is 0 Å². The van der Waals surface area contributed by atoms with E-state index in [1.165, 1.54) is 6.07 Å². The number of thiocarbonyl (C=S) groups is 1. The van der Waals surface area contributed by atoms with Gasteiger partial charge in [0.2, 0.25) is 0 Å².